The molecule has 10 heteroatoms. The highest BCUT2D eigenvalue weighted by atomic mass is 127. The number of hydrogen-bond acceptors (Lipinski definition) is 6. The predicted octanol–water partition coefficient (Wildman–Crippen LogP) is 3.78. The van der Waals surface area contributed by atoms with E-state index in [0.717, 1.165) is 12.6 Å². The summed E-state index contributed by atoms with van der Waals surface area (Å²) in [6.45, 7) is 7.08. The molecule has 0 atom stereocenters. The fraction of sp³-hybridized carbons (Fsp3) is 0.720. The number of hydrogen-bond donors (Lipinski definition) is 0. The van der Waals surface area contributed by atoms with Crippen molar-refractivity contribution in [3.8, 4) is 5.75 Å². The topological polar surface area (TPSA) is 79.4 Å². The van der Waals surface area contributed by atoms with Crippen LogP contribution in [0.25, 0.3) is 0 Å². The number of rotatable bonds is 11. The fourth-order valence-corrected chi connectivity index (χ4v) is 7.20. The van der Waals surface area contributed by atoms with Crippen molar-refractivity contribution in [3.63, 3.8) is 0 Å². The summed E-state index contributed by atoms with van der Waals surface area (Å²) in [6, 6.07) is 4.16. The first-order valence-electron chi connectivity index (χ1n) is 12.6. The molecule has 1 amide bonds. The Balaban J connectivity index is 1.39. The molecule has 35 heavy (non-hydrogen) atoms. The maximum Gasteiger partial charge on any atom is 0.248 e. The molecule has 3 rings (SSSR count). The van der Waals surface area contributed by atoms with Gasteiger partial charge in [0.1, 0.15) is 12.4 Å². The summed E-state index contributed by atoms with van der Waals surface area (Å²) < 4.78 is 38.2. The zero-order valence-corrected chi connectivity index (χ0v) is 24.4. The third kappa shape index (κ3) is 7.53. The molecule has 0 unspecified atom stereocenters. The second kappa shape index (κ2) is 13.0. The number of benzene rings is 1. The quantitative estimate of drug-likeness (QED) is 0.277. The van der Waals surface area contributed by atoms with Crippen molar-refractivity contribution in [2.24, 2.45) is 5.92 Å². The Hall–Kier alpha value is -0.950. The van der Waals surface area contributed by atoms with Gasteiger partial charge in [-0.1, -0.05) is 0 Å². The van der Waals surface area contributed by atoms with Crippen molar-refractivity contribution in [2.45, 2.75) is 63.3 Å². The Morgan fingerprint density at radius 1 is 1.09 bits per heavy atom. The van der Waals surface area contributed by atoms with Crippen LogP contribution in [-0.4, -0.2) is 88.0 Å². The van der Waals surface area contributed by atoms with Gasteiger partial charge in [0.2, 0.25) is 15.9 Å². The number of amides is 1. The second-order valence-electron chi connectivity index (χ2n) is 10.0. The van der Waals surface area contributed by atoms with Gasteiger partial charge in [0.05, 0.1) is 11.5 Å². The van der Waals surface area contributed by atoms with E-state index in [4.69, 9.17) is 7.80 Å². The number of aryl methyl sites for hydroxylation is 2. The number of likely N-dealkylation sites (N-methyl/N-ethyl adjacent to an activating group) is 2. The SMILES string of the molecule is Cc1cc(OI)cc(C)c1S(=O)(=O)N(C)CCOCC(=O)N(C)CC1CCC(N2CCCC2)CC1. The van der Waals surface area contributed by atoms with E-state index in [2.05, 4.69) is 4.90 Å². The summed E-state index contributed by atoms with van der Waals surface area (Å²) in [6.07, 6.45) is 7.48. The molecular weight excluding hydrogens is 581 g/mol. The largest absolute Gasteiger partial charge is 0.428 e. The molecular formula is C25H40IN3O5S. The number of sulfonamides is 1. The monoisotopic (exact) mass is 621 g/mol. The van der Waals surface area contributed by atoms with Gasteiger partial charge >= 0.3 is 0 Å². The highest BCUT2D eigenvalue weighted by molar-refractivity contribution is 14.1. The Labute approximate surface area is 225 Å². The third-order valence-electron chi connectivity index (χ3n) is 7.40. The minimum Gasteiger partial charge on any atom is -0.428 e. The van der Waals surface area contributed by atoms with E-state index >= 15 is 0 Å². The zero-order chi connectivity index (χ0) is 25.6. The molecule has 1 aliphatic carbocycles. The Morgan fingerprint density at radius 3 is 2.26 bits per heavy atom. The molecule has 0 N–H and O–H groups in total. The van der Waals surface area contributed by atoms with Crippen LogP contribution in [0.1, 0.15) is 49.7 Å². The normalized spacial score (nSPS) is 21.4. The van der Waals surface area contributed by atoms with E-state index in [-0.39, 0.29) is 30.6 Å². The second-order valence-corrected chi connectivity index (χ2v) is 12.5. The van der Waals surface area contributed by atoms with Gasteiger partial charge in [-0.2, -0.15) is 4.31 Å². The van der Waals surface area contributed by atoms with E-state index in [1.807, 2.05) is 7.05 Å². The highest BCUT2D eigenvalue weighted by Gasteiger charge is 2.29. The summed E-state index contributed by atoms with van der Waals surface area (Å²) >= 11 is 1.78. The molecule has 2 aliphatic rings. The number of carbonyl (C=O) groups is 1. The van der Waals surface area contributed by atoms with Gasteiger partial charge in [-0.15, -0.1) is 0 Å². The first kappa shape index (κ1) is 28.6. The minimum absolute atomic E-state index is 0.0345. The number of carbonyl (C=O) groups excluding carboxylic acids is 1. The molecule has 1 heterocycles. The standard InChI is InChI=1S/C25H40IN3O5S/c1-19-15-23(34-26)16-20(2)25(19)35(31,32)28(4)13-14-33-18-24(30)27(3)17-21-7-9-22(10-8-21)29-11-5-6-12-29/h15-16,21-22H,5-14,17-18H2,1-4H3. The third-order valence-corrected chi connectivity index (χ3v) is 10.1. The van der Waals surface area contributed by atoms with E-state index in [9.17, 15) is 13.2 Å². The lowest BCUT2D eigenvalue weighted by Crippen LogP contribution is -2.40. The van der Waals surface area contributed by atoms with Crippen molar-refractivity contribution in [2.75, 3.05) is 53.5 Å². The Bertz CT molecular complexity index is 937. The van der Waals surface area contributed by atoms with E-state index in [1.54, 1.807) is 53.9 Å². The first-order valence-corrected chi connectivity index (χ1v) is 14.9. The highest BCUT2D eigenvalue weighted by Crippen LogP contribution is 2.30. The summed E-state index contributed by atoms with van der Waals surface area (Å²) in [4.78, 5) is 17.3. The summed E-state index contributed by atoms with van der Waals surface area (Å²) in [5, 5.41) is 0. The molecule has 2 fully saturated rings. The number of ether oxygens (including phenoxy) is 1. The summed E-state index contributed by atoms with van der Waals surface area (Å²) in [7, 11) is -0.305. The molecule has 0 bridgehead atoms. The van der Waals surface area contributed by atoms with Gasteiger partial charge in [-0.3, -0.25) is 4.79 Å². The average Bonchev–Trinajstić information content (AvgIpc) is 3.36. The fourth-order valence-electron chi connectivity index (χ4n) is 5.39. The number of likely N-dealkylation sites (tertiary alicyclic amines) is 1. The Morgan fingerprint density at radius 2 is 1.69 bits per heavy atom. The van der Waals surface area contributed by atoms with Crippen LogP contribution in [-0.2, 0) is 19.6 Å². The predicted molar refractivity (Wildman–Crippen MR) is 145 cm³/mol. The van der Waals surface area contributed by atoms with Crippen molar-refractivity contribution >= 4 is 38.9 Å². The molecule has 0 radical (unpaired) electrons. The van der Waals surface area contributed by atoms with Crippen molar-refractivity contribution in [1.29, 1.82) is 0 Å². The molecule has 1 aromatic carbocycles. The lowest BCUT2D eigenvalue weighted by Gasteiger charge is -2.35. The van der Waals surface area contributed by atoms with Gasteiger partial charge in [0.25, 0.3) is 0 Å². The van der Waals surface area contributed by atoms with Crippen LogP contribution in [0.2, 0.25) is 0 Å². The van der Waals surface area contributed by atoms with Crippen LogP contribution in [0, 0.1) is 19.8 Å². The van der Waals surface area contributed by atoms with Gasteiger partial charge in [-0.25, -0.2) is 8.42 Å². The van der Waals surface area contributed by atoms with Gasteiger partial charge < -0.3 is 17.6 Å². The molecule has 0 aromatic heterocycles. The maximum absolute atomic E-state index is 13.1. The molecule has 1 aromatic rings. The van der Waals surface area contributed by atoms with Crippen molar-refractivity contribution in [1.82, 2.24) is 14.1 Å². The van der Waals surface area contributed by atoms with E-state index in [0.29, 0.717) is 22.8 Å². The lowest BCUT2D eigenvalue weighted by molar-refractivity contribution is -0.135. The molecule has 0 spiro atoms. The van der Waals surface area contributed by atoms with E-state index in [1.165, 1.54) is 63.0 Å². The molecule has 1 saturated heterocycles. The zero-order valence-electron chi connectivity index (χ0n) is 21.5. The van der Waals surface area contributed by atoms with Crippen LogP contribution in [0.3, 0.4) is 0 Å². The van der Waals surface area contributed by atoms with Crippen LogP contribution in [0.15, 0.2) is 17.0 Å². The van der Waals surface area contributed by atoms with Crippen LogP contribution in [0.4, 0.5) is 0 Å². The van der Waals surface area contributed by atoms with E-state index < -0.39 is 10.0 Å². The summed E-state index contributed by atoms with van der Waals surface area (Å²) in [5.41, 5.74) is 1.27. The smallest absolute Gasteiger partial charge is 0.248 e. The molecule has 1 aliphatic heterocycles. The van der Waals surface area contributed by atoms with Gasteiger partial charge in [0.15, 0.2) is 23.0 Å². The minimum atomic E-state index is -3.68. The molecule has 198 valence electrons. The van der Waals surface area contributed by atoms with Crippen LogP contribution in [0.5, 0.6) is 5.75 Å². The van der Waals surface area contributed by atoms with Crippen molar-refractivity contribution in [3.05, 3.63) is 23.3 Å². The first-order chi connectivity index (χ1) is 16.6. The lowest BCUT2D eigenvalue weighted by atomic mass is 9.85. The van der Waals surface area contributed by atoms with Gasteiger partial charge in [0, 0.05) is 33.2 Å². The van der Waals surface area contributed by atoms with Crippen LogP contribution < -0.4 is 3.07 Å². The molecule has 8 nitrogen and oxygen atoms in total. The van der Waals surface area contributed by atoms with Gasteiger partial charge in [-0.05, 0) is 94.6 Å². The average molecular weight is 622 g/mol. The molecule has 1 saturated carbocycles. The summed E-state index contributed by atoms with van der Waals surface area (Å²) in [5.74, 6) is 1.11. The number of halogens is 1. The van der Waals surface area contributed by atoms with Crippen molar-refractivity contribution < 1.29 is 21.0 Å². The van der Waals surface area contributed by atoms with Crippen LogP contribution >= 0.6 is 23.0 Å². The maximum atomic E-state index is 13.1. The Kier molecular flexibility index (Phi) is 10.7. The number of nitrogens with zero attached hydrogens (tertiary/aromatic N) is 3.